The van der Waals surface area contributed by atoms with Crippen molar-refractivity contribution < 1.29 is 23.4 Å². The summed E-state index contributed by atoms with van der Waals surface area (Å²) in [4.78, 5) is 25.0. The third-order valence-corrected chi connectivity index (χ3v) is 4.51. The van der Waals surface area contributed by atoms with E-state index in [1.54, 1.807) is 50.4 Å². The van der Waals surface area contributed by atoms with E-state index in [1.807, 2.05) is 0 Å². The van der Waals surface area contributed by atoms with Crippen LogP contribution < -0.4 is 25.2 Å². The Morgan fingerprint density at radius 3 is 2.32 bits per heavy atom. The fraction of sp³-hybridized carbons (Fsp3) is 0.238. The van der Waals surface area contributed by atoms with E-state index in [1.165, 1.54) is 14.2 Å². The molecule has 0 aliphatic heterocycles. The zero-order chi connectivity index (χ0) is 20.3. The Morgan fingerprint density at radius 1 is 1.00 bits per heavy atom. The van der Waals surface area contributed by atoms with Crippen LogP contribution in [-0.2, 0) is 11.2 Å². The quantitative estimate of drug-likeness (QED) is 0.657. The van der Waals surface area contributed by atoms with E-state index in [0.29, 0.717) is 45.0 Å². The van der Waals surface area contributed by atoms with Crippen LogP contribution in [0.25, 0.3) is 11.0 Å². The van der Waals surface area contributed by atoms with E-state index < -0.39 is 5.63 Å². The van der Waals surface area contributed by atoms with Gasteiger partial charge in [-0.1, -0.05) is 0 Å². The number of nitrogens with one attached hydrogen (secondary N) is 1. The normalized spacial score (nSPS) is 10.6. The van der Waals surface area contributed by atoms with Gasteiger partial charge in [-0.15, -0.1) is 0 Å². The summed E-state index contributed by atoms with van der Waals surface area (Å²) in [6, 6.07) is 10.4. The van der Waals surface area contributed by atoms with Gasteiger partial charge in [0.25, 0.3) is 0 Å². The minimum absolute atomic E-state index is 0.107. The van der Waals surface area contributed by atoms with E-state index in [-0.39, 0.29) is 12.3 Å². The van der Waals surface area contributed by atoms with Crippen LogP contribution in [-0.4, -0.2) is 27.2 Å². The molecule has 0 atom stereocenters. The average molecular weight is 383 g/mol. The standard InChI is InChI=1S/C21H21NO6/c1-12-15-9-10-17(26-3)20(27-4)19(15)28-21(24)16(12)11-18(23)22-13-5-7-14(25-2)8-6-13/h5-10H,11H2,1-4H3,(H,22,23). The van der Waals surface area contributed by atoms with Crippen molar-refractivity contribution in [2.45, 2.75) is 13.3 Å². The van der Waals surface area contributed by atoms with Crippen LogP contribution in [0.15, 0.2) is 45.6 Å². The van der Waals surface area contributed by atoms with E-state index in [9.17, 15) is 9.59 Å². The van der Waals surface area contributed by atoms with Gasteiger partial charge in [0.05, 0.1) is 33.3 Å². The molecule has 146 valence electrons. The van der Waals surface area contributed by atoms with Crippen molar-refractivity contribution in [3.8, 4) is 17.2 Å². The molecule has 1 aromatic heterocycles. The molecule has 0 aliphatic carbocycles. The number of ether oxygens (including phenoxy) is 3. The molecule has 0 fully saturated rings. The van der Waals surface area contributed by atoms with Gasteiger partial charge in [0.2, 0.25) is 11.7 Å². The van der Waals surface area contributed by atoms with Crippen molar-refractivity contribution in [1.29, 1.82) is 0 Å². The molecule has 0 saturated heterocycles. The summed E-state index contributed by atoms with van der Waals surface area (Å²) in [5.41, 5.74) is 1.29. The fourth-order valence-corrected chi connectivity index (χ4v) is 3.01. The highest BCUT2D eigenvalue weighted by atomic mass is 16.5. The van der Waals surface area contributed by atoms with Crippen molar-refractivity contribution in [3.63, 3.8) is 0 Å². The number of hydrogen-bond donors (Lipinski definition) is 1. The van der Waals surface area contributed by atoms with Gasteiger partial charge < -0.3 is 23.9 Å². The number of amides is 1. The summed E-state index contributed by atoms with van der Waals surface area (Å²) in [7, 11) is 4.55. The summed E-state index contributed by atoms with van der Waals surface area (Å²) < 4.78 is 21.1. The predicted octanol–water partition coefficient (Wildman–Crippen LogP) is 3.31. The first-order valence-corrected chi connectivity index (χ1v) is 8.59. The molecule has 7 heteroatoms. The lowest BCUT2D eigenvalue weighted by molar-refractivity contribution is -0.115. The first-order valence-electron chi connectivity index (χ1n) is 8.59. The van der Waals surface area contributed by atoms with Gasteiger partial charge >= 0.3 is 5.63 Å². The first kappa shape index (κ1) is 19.3. The molecule has 0 aliphatic rings. The smallest absolute Gasteiger partial charge is 0.340 e. The predicted molar refractivity (Wildman–Crippen MR) is 106 cm³/mol. The van der Waals surface area contributed by atoms with Crippen LogP contribution in [0, 0.1) is 6.92 Å². The Hall–Kier alpha value is -3.48. The molecule has 28 heavy (non-hydrogen) atoms. The molecule has 1 N–H and O–H groups in total. The number of anilines is 1. The van der Waals surface area contributed by atoms with Crippen LogP contribution in [0.2, 0.25) is 0 Å². The lowest BCUT2D eigenvalue weighted by Crippen LogP contribution is -2.20. The molecule has 3 aromatic rings. The first-order chi connectivity index (χ1) is 13.5. The zero-order valence-electron chi connectivity index (χ0n) is 16.1. The van der Waals surface area contributed by atoms with Gasteiger partial charge in [-0.2, -0.15) is 0 Å². The summed E-state index contributed by atoms with van der Waals surface area (Å²) in [6.07, 6.45) is -0.107. The minimum Gasteiger partial charge on any atom is -0.497 e. The van der Waals surface area contributed by atoms with E-state index in [0.717, 1.165) is 0 Å². The van der Waals surface area contributed by atoms with Crippen molar-refractivity contribution in [2.75, 3.05) is 26.6 Å². The highest BCUT2D eigenvalue weighted by Crippen LogP contribution is 2.36. The molecule has 0 saturated carbocycles. The van der Waals surface area contributed by atoms with Crippen molar-refractivity contribution >= 4 is 22.6 Å². The van der Waals surface area contributed by atoms with Crippen LogP contribution in [0.4, 0.5) is 5.69 Å². The fourth-order valence-electron chi connectivity index (χ4n) is 3.01. The van der Waals surface area contributed by atoms with E-state index >= 15 is 0 Å². The number of benzene rings is 2. The number of carbonyl (C=O) groups excluding carboxylic acids is 1. The van der Waals surface area contributed by atoms with Gasteiger partial charge in [0.1, 0.15) is 5.75 Å². The Bertz CT molecular complexity index is 1070. The molecule has 7 nitrogen and oxygen atoms in total. The van der Waals surface area contributed by atoms with E-state index in [2.05, 4.69) is 5.32 Å². The molecule has 1 amide bonds. The second-order valence-corrected chi connectivity index (χ2v) is 6.12. The molecule has 0 bridgehead atoms. The Balaban J connectivity index is 1.92. The Labute approximate surface area is 161 Å². The lowest BCUT2D eigenvalue weighted by Gasteiger charge is -2.13. The number of aryl methyl sites for hydroxylation is 1. The number of carbonyl (C=O) groups is 1. The monoisotopic (exact) mass is 383 g/mol. The lowest BCUT2D eigenvalue weighted by atomic mass is 10.0. The molecule has 0 radical (unpaired) electrons. The maximum atomic E-state index is 12.5. The molecule has 2 aromatic carbocycles. The van der Waals surface area contributed by atoms with Crippen molar-refractivity contribution in [1.82, 2.24) is 0 Å². The third-order valence-electron chi connectivity index (χ3n) is 4.51. The highest BCUT2D eigenvalue weighted by molar-refractivity contribution is 5.94. The van der Waals surface area contributed by atoms with Crippen molar-refractivity contribution in [2.24, 2.45) is 0 Å². The molecule has 1 heterocycles. The number of hydrogen-bond acceptors (Lipinski definition) is 6. The van der Waals surface area contributed by atoms with Gasteiger partial charge in [0.15, 0.2) is 11.3 Å². The number of rotatable bonds is 6. The molecule has 0 spiro atoms. The molecule has 3 rings (SSSR count). The number of methoxy groups -OCH3 is 3. The third kappa shape index (κ3) is 3.64. The van der Waals surface area contributed by atoms with Crippen LogP contribution in [0.1, 0.15) is 11.1 Å². The summed E-state index contributed by atoms with van der Waals surface area (Å²) in [6.45, 7) is 1.78. The topological polar surface area (TPSA) is 87.0 Å². The SMILES string of the molecule is COc1ccc(NC(=O)Cc2c(C)c3ccc(OC)c(OC)c3oc2=O)cc1. The molecular formula is C21H21NO6. The maximum absolute atomic E-state index is 12.5. The maximum Gasteiger partial charge on any atom is 0.340 e. The van der Waals surface area contributed by atoms with Gasteiger partial charge in [-0.3, -0.25) is 4.79 Å². The van der Waals surface area contributed by atoms with Crippen LogP contribution in [0.5, 0.6) is 17.2 Å². The summed E-state index contributed by atoms with van der Waals surface area (Å²) in [5, 5.41) is 3.45. The Kier molecular flexibility index (Phi) is 5.54. The van der Waals surface area contributed by atoms with E-state index in [4.69, 9.17) is 18.6 Å². The largest absolute Gasteiger partial charge is 0.497 e. The highest BCUT2D eigenvalue weighted by Gasteiger charge is 2.19. The van der Waals surface area contributed by atoms with Crippen molar-refractivity contribution in [3.05, 3.63) is 57.9 Å². The van der Waals surface area contributed by atoms with Crippen LogP contribution >= 0.6 is 0 Å². The summed E-state index contributed by atoms with van der Waals surface area (Å²) >= 11 is 0. The molecule has 0 unspecified atom stereocenters. The number of fused-ring (bicyclic) bond motifs is 1. The second kappa shape index (κ2) is 8.04. The van der Waals surface area contributed by atoms with Gasteiger partial charge in [-0.25, -0.2) is 4.79 Å². The van der Waals surface area contributed by atoms with Crippen LogP contribution in [0.3, 0.4) is 0 Å². The Morgan fingerprint density at radius 2 is 1.71 bits per heavy atom. The minimum atomic E-state index is -0.582. The zero-order valence-corrected chi connectivity index (χ0v) is 16.1. The van der Waals surface area contributed by atoms with Gasteiger partial charge in [0, 0.05) is 11.1 Å². The summed E-state index contributed by atoms with van der Waals surface area (Å²) in [5.74, 6) is 1.17. The molecular weight excluding hydrogens is 362 g/mol. The average Bonchev–Trinajstić information content (AvgIpc) is 2.70. The second-order valence-electron chi connectivity index (χ2n) is 6.12. The van der Waals surface area contributed by atoms with Gasteiger partial charge in [-0.05, 0) is 48.9 Å².